The Labute approximate surface area is 121 Å². The minimum absolute atomic E-state index is 0.294. The number of anilines is 1. The smallest absolute Gasteiger partial charge is 0.135 e. The average molecular weight is 282 g/mol. The molecule has 0 spiro atoms. The first-order valence-electron chi connectivity index (χ1n) is 7.17. The highest BCUT2D eigenvalue weighted by Crippen LogP contribution is 2.36. The summed E-state index contributed by atoms with van der Waals surface area (Å²) in [6.45, 7) is 8.85. The maximum atomic E-state index is 6.08. The summed E-state index contributed by atoms with van der Waals surface area (Å²) in [5.74, 6) is 1.97. The molecule has 4 heteroatoms. The molecule has 106 valence electrons. The minimum atomic E-state index is 0.294. The number of rotatable bonds is 3. The average Bonchev–Trinajstić information content (AvgIpc) is 2.26. The van der Waals surface area contributed by atoms with Gasteiger partial charge in [0.25, 0.3) is 0 Å². The summed E-state index contributed by atoms with van der Waals surface area (Å²) in [4.78, 5) is 8.84. The Bertz CT molecular complexity index is 443. The molecule has 1 N–H and O–H groups in total. The van der Waals surface area contributed by atoms with Crippen LogP contribution in [0.3, 0.4) is 0 Å². The van der Waals surface area contributed by atoms with Crippen molar-refractivity contribution in [3.05, 3.63) is 17.0 Å². The molecule has 19 heavy (non-hydrogen) atoms. The number of hydrogen-bond donors (Lipinski definition) is 1. The van der Waals surface area contributed by atoms with Crippen LogP contribution in [0, 0.1) is 5.41 Å². The van der Waals surface area contributed by atoms with Gasteiger partial charge < -0.3 is 5.32 Å². The van der Waals surface area contributed by atoms with Crippen LogP contribution in [0.4, 0.5) is 5.82 Å². The molecule has 1 atom stereocenters. The van der Waals surface area contributed by atoms with Gasteiger partial charge in [0, 0.05) is 18.0 Å². The van der Waals surface area contributed by atoms with Gasteiger partial charge in [-0.25, -0.2) is 9.97 Å². The fourth-order valence-corrected chi connectivity index (χ4v) is 2.99. The molecule has 1 aromatic rings. The Balaban J connectivity index is 2.10. The zero-order valence-electron chi connectivity index (χ0n) is 12.3. The second-order valence-electron chi connectivity index (χ2n) is 6.69. The number of halogens is 1. The van der Waals surface area contributed by atoms with E-state index in [0.29, 0.717) is 22.5 Å². The monoisotopic (exact) mass is 281 g/mol. The first-order valence-corrected chi connectivity index (χ1v) is 7.54. The van der Waals surface area contributed by atoms with Crippen LogP contribution in [0.15, 0.2) is 6.07 Å². The number of aromatic nitrogens is 2. The zero-order chi connectivity index (χ0) is 14.0. The first-order chi connectivity index (χ1) is 8.85. The third-order valence-corrected chi connectivity index (χ3v) is 3.98. The second-order valence-corrected chi connectivity index (χ2v) is 7.08. The van der Waals surface area contributed by atoms with Gasteiger partial charge in [-0.1, -0.05) is 45.7 Å². The Morgan fingerprint density at radius 3 is 2.74 bits per heavy atom. The van der Waals surface area contributed by atoms with Crippen molar-refractivity contribution in [2.45, 2.75) is 65.3 Å². The molecule has 3 nitrogen and oxygen atoms in total. The Morgan fingerprint density at radius 1 is 1.37 bits per heavy atom. The van der Waals surface area contributed by atoms with Crippen LogP contribution < -0.4 is 5.32 Å². The van der Waals surface area contributed by atoms with Gasteiger partial charge >= 0.3 is 0 Å². The van der Waals surface area contributed by atoms with Crippen LogP contribution in [0.2, 0.25) is 5.15 Å². The molecule has 1 fully saturated rings. The predicted octanol–water partition coefficient (Wildman–Crippen LogP) is 4.63. The molecule has 1 aliphatic rings. The van der Waals surface area contributed by atoms with Crippen molar-refractivity contribution in [1.82, 2.24) is 9.97 Å². The van der Waals surface area contributed by atoms with E-state index >= 15 is 0 Å². The summed E-state index contributed by atoms with van der Waals surface area (Å²) < 4.78 is 0. The van der Waals surface area contributed by atoms with Crippen molar-refractivity contribution in [2.75, 3.05) is 5.32 Å². The van der Waals surface area contributed by atoms with Crippen LogP contribution in [0.5, 0.6) is 0 Å². The van der Waals surface area contributed by atoms with E-state index in [-0.39, 0.29) is 0 Å². The molecule has 1 unspecified atom stereocenters. The van der Waals surface area contributed by atoms with Crippen LogP contribution >= 0.6 is 11.6 Å². The van der Waals surface area contributed by atoms with Crippen molar-refractivity contribution in [3.63, 3.8) is 0 Å². The molecule has 0 aromatic carbocycles. The highest BCUT2D eigenvalue weighted by Gasteiger charge is 2.28. The third-order valence-electron chi connectivity index (χ3n) is 3.79. The molecule has 1 saturated carbocycles. The van der Waals surface area contributed by atoms with Crippen molar-refractivity contribution >= 4 is 17.4 Å². The van der Waals surface area contributed by atoms with E-state index in [1.54, 1.807) is 0 Å². The lowest BCUT2D eigenvalue weighted by molar-refractivity contribution is 0.229. The number of hydrogen-bond acceptors (Lipinski definition) is 3. The molecule has 0 aliphatic heterocycles. The first kappa shape index (κ1) is 14.6. The summed E-state index contributed by atoms with van der Waals surface area (Å²) in [6, 6.07) is 2.32. The van der Waals surface area contributed by atoms with Crippen molar-refractivity contribution in [3.8, 4) is 0 Å². The lowest BCUT2D eigenvalue weighted by Crippen LogP contribution is -2.32. The molecule has 0 radical (unpaired) electrons. The summed E-state index contributed by atoms with van der Waals surface area (Å²) in [5, 5.41) is 4.06. The highest BCUT2D eigenvalue weighted by molar-refractivity contribution is 6.29. The van der Waals surface area contributed by atoms with Gasteiger partial charge in [0.2, 0.25) is 0 Å². The van der Waals surface area contributed by atoms with Gasteiger partial charge in [0.05, 0.1) is 0 Å². The quantitative estimate of drug-likeness (QED) is 0.821. The Hall–Kier alpha value is -0.830. The molecule has 2 rings (SSSR count). The maximum Gasteiger partial charge on any atom is 0.135 e. The van der Waals surface area contributed by atoms with Gasteiger partial charge in [0.1, 0.15) is 16.8 Å². The lowest BCUT2D eigenvalue weighted by Gasteiger charge is -2.35. The fraction of sp³-hybridized carbons (Fsp3) is 0.733. The molecule has 1 heterocycles. The molecular weight excluding hydrogens is 258 g/mol. The third kappa shape index (κ3) is 4.07. The molecule has 1 aliphatic carbocycles. The SMILES string of the molecule is CC(C)c1nc(Cl)cc(NC2CCCC(C)(C)C2)n1. The van der Waals surface area contributed by atoms with Gasteiger partial charge in [-0.05, 0) is 24.7 Å². The van der Waals surface area contributed by atoms with E-state index in [4.69, 9.17) is 11.6 Å². The highest BCUT2D eigenvalue weighted by atomic mass is 35.5. The van der Waals surface area contributed by atoms with Crippen LogP contribution in [-0.4, -0.2) is 16.0 Å². The van der Waals surface area contributed by atoms with E-state index in [9.17, 15) is 0 Å². The summed E-state index contributed by atoms with van der Waals surface area (Å²) in [6.07, 6.45) is 4.99. The number of nitrogens with one attached hydrogen (secondary N) is 1. The largest absolute Gasteiger partial charge is 0.367 e. The van der Waals surface area contributed by atoms with Crippen molar-refractivity contribution < 1.29 is 0 Å². The maximum absolute atomic E-state index is 6.08. The van der Waals surface area contributed by atoms with Gasteiger partial charge in [0.15, 0.2) is 0 Å². The number of nitrogens with zero attached hydrogens (tertiary/aromatic N) is 2. The predicted molar refractivity (Wildman–Crippen MR) is 80.8 cm³/mol. The van der Waals surface area contributed by atoms with Crippen LogP contribution in [0.1, 0.15) is 65.1 Å². The van der Waals surface area contributed by atoms with Gasteiger partial charge in [-0.3, -0.25) is 0 Å². The van der Waals surface area contributed by atoms with E-state index < -0.39 is 0 Å². The zero-order valence-corrected chi connectivity index (χ0v) is 13.1. The lowest BCUT2D eigenvalue weighted by atomic mass is 9.75. The van der Waals surface area contributed by atoms with E-state index in [1.807, 2.05) is 6.07 Å². The van der Waals surface area contributed by atoms with Crippen LogP contribution in [-0.2, 0) is 0 Å². The fourth-order valence-electron chi connectivity index (χ4n) is 2.80. The van der Waals surface area contributed by atoms with Gasteiger partial charge in [-0.15, -0.1) is 0 Å². The van der Waals surface area contributed by atoms with E-state index in [2.05, 4.69) is 43.0 Å². The van der Waals surface area contributed by atoms with Crippen molar-refractivity contribution in [1.29, 1.82) is 0 Å². The molecule has 0 bridgehead atoms. The van der Waals surface area contributed by atoms with E-state index in [0.717, 1.165) is 11.6 Å². The topological polar surface area (TPSA) is 37.8 Å². The van der Waals surface area contributed by atoms with E-state index in [1.165, 1.54) is 25.7 Å². The normalized spacial score (nSPS) is 22.5. The molecular formula is C15H24ClN3. The summed E-state index contributed by atoms with van der Waals surface area (Å²) >= 11 is 6.08. The summed E-state index contributed by atoms with van der Waals surface area (Å²) in [7, 11) is 0. The molecule has 0 amide bonds. The standard InChI is InChI=1S/C15H24ClN3/c1-10(2)14-18-12(16)8-13(19-14)17-11-6-5-7-15(3,4)9-11/h8,10-11H,5-7,9H2,1-4H3,(H,17,18,19). The summed E-state index contributed by atoms with van der Waals surface area (Å²) in [5.41, 5.74) is 0.424. The minimum Gasteiger partial charge on any atom is -0.367 e. The Morgan fingerprint density at radius 2 is 2.11 bits per heavy atom. The molecule has 0 saturated heterocycles. The van der Waals surface area contributed by atoms with Crippen LogP contribution in [0.25, 0.3) is 0 Å². The Kier molecular flexibility index (Phi) is 4.34. The van der Waals surface area contributed by atoms with Crippen molar-refractivity contribution in [2.24, 2.45) is 5.41 Å². The van der Waals surface area contributed by atoms with Gasteiger partial charge in [-0.2, -0.15) is 0 Å². The second kappa shape index (κ2) is 5.66. The molecule has 1 aromatic heterocycles.